The van der Waals surface area contributed by atoms with E-state index in [0.29, 0.717) is 0 Å². The summed E-state index contributed by atoms with van der Waals surface area (Å²) in [6.45, 7) is 13.5. The molecule has 28 heavy (non-hydrogen) atoms. The lowest BCUT2D eigenvalue weighted by Crippen LogP contribution is -2.12. The molecule has 0 aliphatic carbocycles. The Labute approximate surface area is 167 Å². The Morgan fingerprint density at radius 1 is 0.643 bits per heavy atom. The van der Waals surface area contributed by atoms with Gasteiger partial charge in [0.25, 0.3) is 0 Å². The number of hydrogen-bond acceptors (Lipinski definition) is 2. The summed E-state index contributed by atoms with van der Waals surface area (Å²) in [5.41, 5.74) is 7.25. The third-order valence-corrected chi connectivity index (χ3v) is 5.48. The van der Waals surface area contributed by atoms with Crippen LogP contribution in [-0.4, -0.2) is 9.97 Å². The van der Waals surface area contributed by atoms with Crippen molar-refractivity contribution in [3.05, 3.63) is 72.1 Å². The molecule has 2 aromatic heterocycles. The molecule has 0 atom stereocenters. The standard InChI is InChI=1S/C26H28N2/c1-25(2,3)17-9-12-23-21(16-17)18(13-15-27-23)19-10-11-22(26(4,5)6)20-8-7-14-28-24(19)20/h7-16H,1-6H3. The molecule has 0 aliphatic rings. The summed E-state index contributed by atoms with van der Waals surface area (Å²) in [7, 11) is 0. The first-order valence-electron chi connectivity index (χ1n) is 9.94. The topological polar surface area (TPSA) is 25.8 Å². The molecule has 0 fully saturated rings. The molecule has 0 aliphatic heterocycles. The molecule has 2 aromatic carbocycles. The molecule has 4 aromatic rings. The highest BCUT2D eigenvalue weighted by atomic mass is 14.7. The molecule has 142 valence electrons. The first-order chi connectivity index (χ1) is 13.2. The van der Waals surface area contributed by atoms with Crippen LogP contribution in [0.3, 0.4) is 0 Å². The van der Waals surface area contributed by atoms with E-state index in [4.69, 9.17) is 4.98 Å². The van der Waals surface area contributed by atoms with Gasteiger partial charge in [0.15, 0.2) is 0 Å². The Morgan fingerprint density at radius 2 is 1.43 bits per heavy atom. The van der Waals surface area contributed by atoms with Gasteiger partial charge in [0.2, 0.25) is 0 Å². The number of nitrogens with zero attached hydrogens (tertiary/aromatic N) is 2. The zero-order chi connectivity index (χ0) is 20.1. The van der Waals surface area contributed by atoms with Crippen LogP contribution in [0.25, 0.3) is 32.9 Å². The first kappa shape index (κ1) is 18.6. The highest BCUT2D eigenvalue weighted by molar-refractivity contribution is 6.04. The number of rotatable bonds is 1. The van der Waals surface area contributed by atoms with Crippen LogP contribution >= 0.6 is 0 Å². The molecule has 2 heterocycles. The van der Waals surface area contributed by atoms with Crippen LogP contribution in [0.5, 0.6) is 0 Å². The van der Waals surface area contributed by atoms with E-state index in [1.54, 1.807) is 0 Å². The molecule has 0 saturated carbocycles. The van der Waals surface area contributed by atoms with Gasteiger partial charge in [0.1, 0.15) is 0 Å². The fraction of sp³-hybridized carbons (Fsp3) is 0.308. The molecule has 0 bridgehead atoms. The summed E-state index contributed by atoms with van der Waals surface area (Å²) < 4.78 is 0. The van der Waals surface area contributed by atoms with Crippen LogP contribution in [0.2, 0.25) is 0 Å². The fourth-order valence-electron chi connectivity index (χ4n) is 3.89. The largest absolute Gasteiger partial charge is 0.256 e. The highest BCUT2D eigenvalue weighted by Crippen LogP contribution is 2.38. The average Bonchev–Trinajstić information content (AvgIpc) is 2.64. The van der Waals surface area contributed by atoms with Crippen LogP contribution < -0.4 is 0 Å². The molecule has 0 spiro atoms. The van der Waals surface area contributed by atoms with Crippen molar-refractivity contribution in [2.45, 2.75) is 52.4 Å². The summed E-state index contributed by atoms with van der Waals surface area (Å²) >= 11 is 0. The van der Waals surface area contributed by atoms with E-state index in [9.17, 15) is 0 Å². The van der Waals surface area contributed by atoms with E-state index < -0.39 is 0 Å². The molecule has 2 nitrogen and oxygen atoms in total. The van der Waals surface area contributed by atoms with Crippen LogP contribution in [-0.2, 0) is 10.8 Å². The van der Waals surface area contributed by atoms with E-state index >= 15 is 0 Å². The van der Waals surface area contributed by atoms with Crippen LogP contribution in [0.4, 0.5) is 0 Å². The predicted octanol–water partition coefficient (Wildman–Crippen LogP) is 7.05. The summed E-state index contributed by atoms with van der Waals surface area (Å²) in [4.78, 5) is 9.40. The maximum Gasteiger partial charge on any atom is 0.0783 e. The molecule has 0 N–H and O–H groups in total. The van der Waals surface area contributed by atoms with Crippen molar-refractivity contribution >= 4 is 21.8 Å². The van der Waals surface area contributed by atoms with Crippen LogP contribution in [0.15, 0.2) is 60.9 Å². The normalized spacial score (nSPS) is 12.6. The molecule has 4 rings (SSSR count). The van der Waals surface area contributed by atoms with Crippen molar-refractivity contribution in [1.82, 2.24) is 9.97 Å². The summed E-state index contributed by atoms with van der Waals surface area (Å²) in [5.74, 6) is 0. The zero-order valence-electron chi connectivity index (χ0n) is 17.7. The highest BCUT2D eigenvalue weighted by Gasteiger charge is 2.20. The zero-order valence-corrected chi connectivity index (χ0v) is 17.7. The van der Waals surface area contributed by atoms with Gasteiger partial charge in [-0.1, -0.05) is 65.8 Å². The van der Waals surface area contributed by atoms with Gasteiger partial charge in [-0.25, -0.2) is 0 Å². The van der Waals surface area contributed by atoms with Gasteiger partial charge in [0, 0.05) is 28.7 Å². The van der Waals surface area contributed by atoms with Gasteiger partial charge in [-0.15, -0.1) is 0 Å². The Hall–Kier alpha value is -2.74. The van der Waals surface area contributed by atoms with Crippen molar-refractivity contribution in [3.8, 4) is 11.1 Å². The summed E-state index contributed by atoms with van der Waals surface area (Å²) in [5, 5.41) is 2.41. The Balaban J connectivity index is 2.05. The fourth-order valence-corrected chi connectivity index (χ4v) is 3.89. The SMILES string of the molecule is CC(C)(C)c1ccc2nccc(-c3ccc(C(C)(C)C)c4cccnc34)c2c1. The molecule has 2 heteroatoms. The van der Waals surface area contributed by atoms with Gasteiger partial charge >= 0.3 is 0 Å². The number of hydrogen-bond donors (Lipinski definition) is 0. The Morgan fingerprint density at radius 3 is 2.14 bits per heavy atom. The summed E-state index contributed by atoms with van der Waals surface area (Å²) in [6.07, 6.45) is 3.79. The molecule has 0 radical (unpaired) electrons. The van der Waals surface area contributed by atoms with Gasteiger partial charge in [-0.05, 0) is 51.8 Å². The molecular weight excluding hydrogens is 340 g/mol. The Bertz CT molecular complexity index is 1170. The first-order valence-corrected chi connectivity index (χ1v) is 9.94. The predicted molar refractivity (Wildman–Crippen MR) is 120 cm³/mol. The van der Waals surface area contributed by atoms with Gasteiger partial charge < -0.3 is 0 Å². The second kappa shape index (κ2) is 6.41. The second-order valence-corrected chi connectivity index (χ2v) is 9.65. The number of benzene rings is 2. The average molecular weight is 369 g/mol. The number of fused-ring (bicyclic) bond motifs is 2. The molecule has 0 amide bonds. The minimum Gasteiger partial charge on any atom is -0.256 e. The van der Waals surface area contributed by atoms with Crippen molar-refractivity contribution in [1.29, 1.82) is 0 Å². The van der Waals surface area contributed by atoms with E-state index in [1.807, 2.05) is 18.5 Å². The van der Waals surface area contributed by atoms with Crippen molar-refractivity contribution in [2.75, 3.05) is 0 Å². The van der Waals surface area contributed by atoms with Crippen molar-refractivity contribution < 1.29 is 0 Å². The van der Waals surface area contributed by atoms with Crippen molar-refractivity contribution in [2.24, 2.45) is 0 Å². The minimum absolute atomic E-state index is 0.0690. The van der Waals surface area contributed by atoms with Gasteiger partial charge in [0.05, 0.1) is 11.0 Å². The van der Waals surface area contributed by atoms with E-state index in [0.717, 1.165) is 11.0 Å². The number of aromatic nitrogens is 2. The lowest BCUT2D eigenvalue weighted by molar-refractivity contribution is 0.591. The third-order valence-electron chi connectivity index (χ3n) is 5.48. The third kappa shape index (κ3) is 3.17. The van der Waals surface area contributed by atoms with E-state index in [-0.39, 0.29) is 10.8 Å². The van der Waals surface area contributed by atoms with Gasteiger partial charge in [-0.3, -0.25) is 9.97 Å². The Kier molecular flexibility index (Phi) is 4.26. The molecule has 0 saturated heterocycles. The molecular formula is C26H28N2. The maximum absolute atomic E-state index is 4.79. The van der Waals surface area contributed by atoms with Gasteiger partial charge in [-0.2, -0.15) is 0 Å². The quantitative estimate of drug-likeness (QED) is 0.360. The van der Waals surface area contributed by atoms with Crippen molar-refractivity contribution in [3.63, 3.8) is 0 Å². The molecule has 0 unspecified atom stereocenters. The number of pyridine rings is 2. The van der Waals surface area contributed by atoms with E-state index in [2.05, 4.69) is 89.0 Å². The lowest BCUT2D eigenvalue weighted by Gasteiger charge is -2.23. The van der Waals surface area contributed by atoms with Crippen LogP contribution in [0.1, 0.15) is 52.7 Å². The monoisotopic (exact) mass is 368 g/mol. The smallest absolute Gasteiger partial charge is 0.0783 e. The van der Waals surface area contributed by atoms with E-state index in [1.165, 1.54) is 33.0 Å². The minimum atomic E-state index is 0.0690. The lowest BCUT2D eigenvalue weighted by atomic mass is 9.82. The second-order valence-electron chi connectivity index (χ2n) is 9.65. The maximum atomic E-state index is 4.79. The summed E-state index contributed by atoms with van der Waals surface area (Å²) in [6, 6.07) is 17.5. The van der Waals surface area contributed by atoms with Crippen LogP contribution in [0, 0.1) is 0 Å².